The number of primary amides is 1. The zero-order chi connectivity index (χ0) is 21.6. The van der Waals surface area contributed by atoms with Gasteiger partial charge in [0.2, 0.25) is 0 Å². The van der Waals surface area contributed by atoms with Crippen LogP contribution in [-0.4, -0.2) is 34.1 Å². The van der Waals surface area contributed by atoms with Crippen molar-refractivity contribution < 1.29 is 17.4 Å². The van der Waals surface area contributed by atoms with E-state index in [9.17, 15) is 13.2 Å². The van der Waals surface area contributed by atoms with E-state index in [0.717, 1.165) is 35.1 Å². The van der Waals surface area contributed by atoms with Crippen LogP contribution >= 0.6 is 11.6 Å². The minimum Gasteiger partial charge on any atom is -0.334 e. The van der Waals surface area contributed by atoms with Gasteiger partial charge in [0, 0.05) is 29.2 Å². The van der Waals surface area contributed by atoms with Crippen molar-refractivity contribution in [1.29, 1.82) is 0 Å². The summed E-state index contributed by atoms with van der Waals surface area (Å²) in [5, 5.41) is 5.24. The minimum absolute atomic E-state index is 0.168. The smallest absolute Gasteiger partial charge is 0.334 e. The predicted octanol–water partition coefficient (Wildman–Crippen LogP) is 3.46. The van der Waals surface area contributed by atoms with E-state index in [1.807, 2.05) is 49.0 Å². The lowest BCUT2D eigenvalue weighted by atomic mass is 10.1. The molecule has 1 aliphatic rings. The Morgan fingerprint density at radius 2 is 2.10 bits per heavy atom. The number of aryl methyl sites for hydroxylation is 2. The molecule has 1 unspecified atom stereocenters. The minimum atomic E-state index is -4.16. The Hall–Kier alpha value is -2.52. The number of carbonyl (C=O) groups excluding carboxylic acids is 1. The molecular weight excluding hydrogens is 428 g/mol. The molecule has 2 aromatic heterocycles. The van der Waals surface area contributed by atoms with Crippen LogP contribution in [0.25, 0.3) is 16.7 Å². The van der Waals surface area contributed by atoms with Gasteiger partial charge in [0.15, 0.2) is 0 Å². The van der Waals surface area contributed by atoms with Crippen molar-refractivity contribution >= 4 is 38.7 Å². The first-order valence-electron chi connectivity index (χ1n) is 9.68. The highest BCUT2D eigenvalue weighted by Crippen LogP contribution is 2.37. The van der Waals surface area contributed by atoms with Crippen LogP contribution in [0.1, 0.15) is 30.5 Å². The second-order valence-corrected chi connectivity index (χ2v) is 10.1. The molecule has 2 heterocycles. The van der Waals surface area contributed by atoms with E-state index in [2.05, 4.69) is 9.28 Å². The van der Waals surface area contributed by atoms with Crippen LogP contribution in [0.4, 0.5) is 4.79 Å². The molecule has 3 aromatic rings. The number of halogens is 1. The molecule has 160 valence electrons. The van der Waals surface area contributed by atoms with E-state index in [-0.39, 0.29) is 6.42 Å². The molecule has 2 N–H and O–H groups in total. The Balaban J connectivity index is 1.79. The third-order valence-corrected chi connectivity index (χ3v) is 7.34. The number of fused-ring (bicyclic) bond motifs is 1. The fourth-order valence-electron chi connectivity index (χ4n) is 3.96. The molecule has 1 saturated carbocycles. The van der Waals surface area contributed by atoms with E-state index in [1.165, 1.54) is 0 Å². The molecule has 1 aliphatic carbocycles. The highest BCUT2D eigenvalue weighted by Gasteiger charge is 2.37. The van der Waals surface area contributed by atoms with Crippen molar-refractivity contribution in [3.8, 4) is 5.82 Å². The number of hydrogen-bond acceptors (Lipinski definition) is 5. The first kappa shape index (κ1) is 20.7. The summed E-state index contributed by atoms with van der Waals surface area (Å²) >= 11 is 6.20. The SMILES string of the molecule is Cc1nn(C)c(-n2ccc3ccc(Cl)cc32)c1CC(CC1CC1)S(=O)(=O)OC(N)=O. The summed E-state index contributed by atoms with van der Waals surface area (Å²) in [6.45, 7) is 1.84. The van der Waals surface area contributed by atoms with Gasteiger partial charge in [-0.1, -0.05) is 30.5 Å². The lowest BCUT2D eigenvalue weighted by Crippen LogP contribution is -2.31. The van der Waals surface area contributed by atoms with Crippen molar-refractivity contribution in [2.45, 2.75) is 37.9 Å². The van der Waals surface area contributed by atoms with Gasteiger partial charge < -0.3 is 14.5 Å². The third-order valence-electron chi connectivity index (χ3n) is 5.53. The Bertz CT molecular complexity index is 1230. The maximum absolute atomic E-state index is 12.7. The normalized spacial score (nSPS) is 15.4. The molecule has 1 fully saturated rings. The average molecular weight is 451 g/mol. The highest BCUT2D eigenvalue weighted by molar-refractivity contribution is 7.87. The molecule has 0 bridgehead atoms. The lowest BCUT2D eigenvalue weighted by Gasteiger charge is -2.18. The third kappa shape index (κ3) is 4.04. The van der Waals surface area contributed by atoms with Crippen LogP contribution in [0, 0.1) is 12.8 Å². The molecule has 1 atom stereocenters. The quantitative estimate of drug-likeness (QED) is 0.554. The average Bonchev–Trinajstić information content (AvgIpc) is 3.31. The maximum atomic E-state index is 12.7. The standard InChI is InChI=1S/C20H23ClN4O4S/c1-12-17(11-16(9-13-3-4-13)30(27,28)29-20(22)26)19(24(2)23-12)25-8-7-14-5-6-15(21)10-18(14)25/h5-8,10,13,16H,3-4,9,11H2,1-2H3,(H2,22,26). The summed E-state index contributed by atoms with van der Waals surface area (Å²) in [6, 6.07) is 7.57. The zero-order valence-electron chi connectivity index (χ0n) is 16.7. The lowest BCUT2D eigenvalue weighted by molar-refractivity contribution is 0.211. The summed E-state index contributed by atoms with van der Waals surface area (Å²) in [5.41, 5.74) is 7.38. The molecule has 0 aliphatic heterocycles. The van der Waals surface area contributed by atoms with Crippen molar-refractivity contribution in [2.24, 2.45) is 18.7 Å². The number of amides is 1. The van der Waals surface area contributed by atoms with Crippen molar-refractivity contribution in [2.75, 3.05) is 0 Å². The van der Waals surface area contributed by atoms with Crippen LogP contribution < -0.4 is 5.73 Å². The first-order valence-corrected chi connectivity index (χ1v) is 11.5. The summed E-state index contributed by atoms with van der Waals surface area (Å²) < 4.78 is 33.6. The van der Waals surface area contributed by atoms with Crippen molar-refractivity contribution in [1.82, 2.24) is 14.3 Å². The van der Waals surface area contributed by atoms with Crippen LogP contribution in [0.2, 0.25) is 5.02 Å². The van der Waals surface area contributed by atoms with Crippen LogP contribution in [0.5, 0.6) is 0 Å². The van der Waals surface area contributed by atoms with E-state index in [1.54, 1.807) is 4.68 Å². The van der Waals surface area contributed by atoms with Crippen LogP contribution in [-0.2, 0) is 27.8 Å². The predicted molar refractivity (Wildman–Crippen MR) is 114 cm³/mol. The molecule has 1 aromatic carbocycles. The molecule has 1 amide bonds. The monoisotopic (exact) mass is 450 g/mol. The van der Waals surface area contributed by atoms with Gasteiger partial charge in [0.1, 0.15) is 11.1 Å². The van der Waals surface area contributed by atoms with Gasteiger partial charge in [-0.15, -0.1) is 0 Å². The summed E-state index contributed by atoms with van der Waals surface area (Å²) in [4.78, 5) is 11.2. The highest BCUT2D eigenvalue weighted by atomic mass is 35.5. The van der Waals surface area contributed by atoms with Gasteiger partial charge >= 0.3 is 16.2 Å². The first-order chi connectivity index (χ1) is 14.2. The number of benzene rings is 1. The van der Waals surface area contributed by atoms with Gasteiger partial charge in [-0.25, -0.2) is 4.79 Å². The summed E-state index contributed by atoms with van der Waals surface area (Å²) in [7, 11) is -2.35. The molecule has 0 spiro atoms. The number of aromatic nitrogens is 3. The fourth-order valence-corrected chi connectivity index (χ4v) is 5.37. The number of rotatable bonds is 7. The van der Waals surface area contributed by atoms with Gasteiger partial charge in [0.25, 0.3) is 0 Å². The largest absolute Gasteiger partial charge is 0.420 e. The summed E-state index contributed by atoms with van der Waals surface area (Å²) in [5.74, 6) is 1.06. The molecule has 10 heteroatoms. The second-order valence-electron chi connectivity index (χ2n) is 7.80. The molecule has 4 rings (SSSR count). The van der Waals surface area contributed by atoms with E-state index >= 15 is 0 Å². The Kier molecular flexibility index (Phi) is 5.27. The number of nitrogens with zero attached hydrogens (tertiary/aromatic N) is 3. The Morgan fingerprint density at radius 3 is 2.77 bits per heavy atom. The topological polar surface area (TPSA) is 109 Å². The fraction of sp³-hybridized carbons (Fsp3) is 0.400. The van der Waals surface area contributed by atoms with Gasteiger partial charge in [0.05, 0.1) is 11.2 Å². The Morgan fingerprint density at radius 1 is 1.37 bits per heavy atom. The Labute approximate surface area is 179 Å². The van der Waals surface area contributed by atoms with E-state index < -0.39 is 21.5 Å². The molecule has 0 radical (unpaired) electrons. The molecule has 30 heavy (non-hydrogen) atoms. The number of hydrogen-bond donors (Lipinski definition) is 1. The van der Waals surface area contributed by atoms with E-state index in [4.69, 9.17) is 17.3 Å². The van der Waals surface area contributed by atoms with E-state index in [0.29, 0.717) is 23.1 Å². The number of carbonyl (C=O) groups is 1. The maximum Gasteiger partial charge on any atom is 0.420 e. The summed E-state index contributed by atoms with van der Waals surface area (Å²) in [6.07, 6.45) is 3.13. The van der Waals surface area contributed by atoms with Crippen LogP contribution in [0.3, 0.4) is 0 Å². The molecule has 0 saturated heterocycles. The molecule has 8 nitrogen and oxygen atoms in total. The van der Waals surface area contributed by atoms with Crippen LogP contribution in [0.15, 0.2) is 30.5 Å². The zero-order valence-corrected chi connectivity index (χ0v) is 18.3. The molecular formula is C20H23ClN4O4S. The van der Waals surface area contributed by atoms with Gasteiger partial charge in [-0.2, -0.15) is 13.5 Å². The number of nitrogens with two attached hydrogens (primary N) is 1. The van der Waals surface area contributed by atoms with Gasteiger partial charge in [-0.3, -0.25) is 4.68 Å². The van der Waals surface area contributed by atoms with Gasteiger partial charge in [-0.05, 0) is 43.9 Å². The second kappa shape index (κ2) is 7.63. The van der Waals surface area contributed by atoms with Crippen molar-refractivity contribution in [3.05, 3.63) is 46.7 Å². The van der Waals surface area contributed by atoms with Crippen molar-refractivity contribution in [3.63, 3.8) is 0 Å².